The number of imide groups is 1. The molecule has 1 aliphatic heterocycles. The van der Waals surface area contributed by atoms with Crippen LogP contribution >= 0.6 is 12.4 Å². The van der Waals surface area contributed by atoms with Crippen molar-refractivity contribution >= 4 is 24.3 Å². The van der Waals surface area contributed by atoms with Crippen LogP contribution in [0.2, 0.25) is 0 Å². The number of rotatable bonds is 6. The summed E-state index contributed by atoms with van der Waals surface area (Å²) in [6.07, 6.45) is 0.598. The predicted molar refractivity (Wildman–Crippen MR) is 101 cm³/mol. The zero-order chi connectivity index (χ0) is 18.9. The molecular formula is C18H24ClN5O3. The van der Waals surface area contributed by atoms with Gasteiger partial charge in [0.25, 0.3) is 5.91 Å². The van der Waals surface area contributed by atoms with Gasteiger partial charge in [-0.3, -0.25) is 9.69 Å². The molecule has 1 aromatic heterocycles. The number of urea groups is 1. The molecule has 0 bridgehead atoms. The number of hydrogen-bond acceptors (Lipinski definition) is 6. The largest absolute Gasteiger partial charge is 0.337 e. The first-order chi connectivity index (χ1) is 12.3. The normalized spacial score (nSPS) is 20.4. The van der Waals surface area contributed by atoms with Crippen molar-refractivity contribution in [2.45, 2.75) is 45.3 Å². The third kappa shape index (κ3) is 4.12. The number of carbonyl (C=O) groups is 2. The number of carbonyl (C=O) groups excluding carboxylic acids is 2. The number of aryl methyl sites for hydroxylation is 1. The summed E-state index contributed by atoms with van der Waals surface area (Å²) < 4.78 is 5.20. The van der Waals surface area contributed by atoms with Crippen LogP contribution in [0.4, 0.5) is 4.79 Å². The van der Waals surface area contributed by atoms with E-state index >= 15 is 0 Å². The fraction of sp³-hybridized carbons (Fsp3) is 0.444. The van der Waals surface area contributed by atoms with Crippen LogP contribution in [0.5, 0.6) is 0 Å². The Morgan fingerprint density at radius 2 is 1.96 bits per heavy atom. The van der Waals surface area contributed by atoms with Crippen LogP contribution in [0.25, 0.3) is 0 Å². The lowest BCUT2D eigenvalue weighted by atomic mass is 9.91. The molecule has 2 N–H and O–H groups in total. The molecule has 27 heavy (non-hydrogen) atoms. The average Bonchev–Trinajstić information content (AvgIpc) is 3.14. The monoisotopic (exact) mass is 393 g/mol. The van der Waals surface area contributed by atoms with Gasteiger partial charge in [-0.05, 0) is 33.4 Å². The molecule has 1 fully saturated rings. The number of likely N-dealkylation sites (N-methyl/N-ethyl adjacent to an activating group) is 1. The zero-order valence-corrected chi connectivity index (χ0v) is 16.6. The second-order valence-corrected chi connectivity index (χ2v) is 6.81. The summed E-state index contributed by atoms with van der Waals surface area (Å²) in [6, 6.07) is 7.25. The van der Waals surface area contributed by atoms with E-state index in [4.69, 9.17) is 4.52 Å². The maximum Gasteiger partial charge on any atom is 0.325 e. The SMILES string of the molecule is CNC(C)Cc1noc(CN2C(=O)NC(C)(c3ccc(C)cc3)C2=O)n1.Cl. The van der Waals surface area contributed by atoms with Gasteiger partial charge in [-0.2, -0.15) is 4.98 Å². The van der Waals surface area contributed by atoms with E-state index < -0.39 is 11.6 Å². The molecule has 0 saturated carbocycles. The Labute approximate surface area is 164 Å². The number of nitrogens with one attached hydrogen (secondary N) is 2. The molecule has 2 aromatic rings. The molecule has 0 aliphatic carbocycles. The van der Waals surface area contributed by atoms with E-state index in [0.717, 1.165) is 16.0 Å². The predicted octanol–water partition coefficient (Wildman–Crippen LogP) is 1.92. The van der Waals surface area contributed by atoms with Crippen LogP contribution < -0.4 is 10.6 Å². The van der Waals surface area contributed by atoms with Crippen LogP contribution in [0, 0.1) is 6.92 Å². The minimum absolute atomic E-state index is 0. The van der Waals surface area contributed by atoms with Crippen LogP contribution in [0.15, 0.2) is 28.8 Å². The number of benzene rings is 1. The van der Waals surface area contributed by atoms with Gasteiger partial charge in [0.1, 0.15) is 12.1 Å². The average molecular weight is 394 g/mol. The Hall–Kier alpha value is -2.45. The van der Waals surface area contributed by atoms with Crippen molar-refractivity contribution < 1.29 is 14.1 Å². The van der Waals surface area contributed by atoms with Gasteiger partial charge >= 0.3 is 6.03 Å². The summed E-state index contributed by atoms with van der Waals surface area (Å²) in [6.45, 7) is 5.62. The highest BCUT2D eigenvalue weighted by atomic mass is 35.5. The Morgan fingerprint density at radius 3 is 2.59 bits per heavy atom. The van der Waals surface area contributed by atoms with Crippen molar-refractivity contribution in [2.24, 2.45) is 0 Å². The lowest BCUT2D eigenvalue weighted by molar-refractivity contribution is -0.131. The van der Waals surface area contributed by atoms with Crippen molar-refractivity contribution in [2.75, 3.05) is 7.05 Å². The van der Waals surface area contributed by atoms with Crippen molar-refractivity contribution in [3.05, 3.63) is 47.1 Å². The topological polar surface area (TPSA) is 100 Å². The van der Waals surface area contributed by atoms with Crippen molar-refractivity contribution in [1.82, 2.24) is 25.7 Å². The molecule has 2 atom stereocenters. The van der Waals surface area contributed by atoms with Crippen molar-refractivity contribution in [3.8, 4) is 0 Å². The summed E-state index contributed by atoms with van der Waals surface area (Å²) in [5, 5.41) is 9.77. The summed E-state index contributed by atoms with van der Waals surface area (Å²) >= 11 is 0. The Balaban J connectivity index is 0.00000261. The van der Waals surface area contributed by atoms with E-state index in [2.05, 4.69) is 20.8 Å². The Morgan fingerprint density at radius 1 is 1.30 bits per heavy atom. The van der Waals surface area contributed by atoms with Gasteiger partial charge < -0.3 is 15.2 Å². The van der Waals surface area contributed by atoms with Crippen LogP contribution in [-0.2, 0) is 23.3 Å². The first-order valence-corrected chi connectivity index (χ1v) is 8.53. The first kappa shape index (κ1) is 20.9. The van der Waals surface area contributed by atoms with Gasteiger partial charge in [0.15, 0.2) is 5.82 Å². The third-order valence-electron chi connectivity index (χ3n) is 4.69. The van der Waals surface area contributed by atoms with E-state index in [9.17, 15) is 9.59 Å². The number of aromatic nitrogens is 2. The van der Waals surface area contributed by atoms with Crippen LogP contribution in [0.1, 0.15) is 36.7 Å². The highest BCUT2D eigenvalue weighted by molar-refractivity contribution is 6.07. The quantitative estimate of drug-likeness (QED) is 0.727. The molecule has 3 amide bonds. The van der Waals surface area contributed by atoms with Crippen molar-refractivity contribution in [3.63, 3.8) is 0 Å². The third-order valence-corrected chi connectivity index (χ3v) is 4.69. The Kier molecular flexibility index (Phi) is 6.22. The van der Waals surface area contributed by atoms with Gasteiger partial charge in [0, 0.05) is 12.5 Å². The lowest BCUT2D eigenvalue weighted by Gasteiger charge is -2.22. The summed E-state index contributed by atoms with van der Waals surface area (Å²) in [7, 11) is 1.85. The number of amides is 3. The number of halogens is 1. The molecule has 146 valence electrons. The summed E-state index contributed by atoms with van der Waals surface area (Å²) in [5.74, 6) is 0.435. The van der Waals surface area contributed by atoms with Gasteiger partial charge in [-0.25, -0.2) is 4.79 Å². The van der Waals surface area contributed by atoms with Crippen LogP contribution in [-0.4, -0.2) is 40.1 Å². The first-order valence-electron chi connectivity index (χ1n) is 8.53. The molecule has 8 nitrogen and oxygen atoms in total. The van der Waals surface area contributed by atoms with E-state index in [1.807, 2.05) is 45.2 Å². The van der Waals surface area contributed by atoms with E-state index in [1.54, 1.807) is 6.92 Å². The second kappa shape index (κ2) is 8.06. The smallest absolute Gasteiger partial charge is 0.325 e. The molecule has 1 aromatic carbocycles. The highest BCUT2D eigenvalue weighted by Gasteiger charge is 2.49. The summed E-state index contributed by atoms with van der Waals surface area (Å²) in [4.78, 5) is 30.7. The molecule has 1 saturated heterocycles. The van der Waals surface area contributed by atoms with Gasteiger partial charge in [0.05, 0.1) is 0 Å². The maximum atomic E-state index is 12.9. The standard InChI is InChI=1S/C18H23N5O3.ClH/c1-11-5-7-13(8-6-11)18(3)16(24)23(17(25)21-18)10-15-20-14(22-26-15)9-12(2)19-4;/h5-8,12,19H,9-10H2,1-4H3,(H,21,25);1H. The summed E-state index contributed by atoms with van der Waals surface area (Å²) in [5.41, 5.74) is 0.715. The second-order valence-electron chi connectivity index (χ2n) is 6.81. The lowest BCUT2D eigenvalue weighted by Crippen LogP contribution is -2.40. The molecule has 2 heterocycles. The fourth-order valence-electron chi connectivity index (χ4n) is 2.87. The minimum atomic E-state index is -1.10. The molecule has 9 heteroatoms. The Bertz CT molecular complexity index is 823. The molecule has 3 rings (SSSR count). The van der Waals surface area contributed by atoms with Crippen LogP contribution in [0.3, 0.4) is 0 Å². The zero-order valence-electron chi connectivity index (χ0n) is 15.8. The number of nitrogens with zero attached hydrogens (tertiary/aromatic N) is 3. The molecule has 1 aliphatic rings. The number of hydrogen-bond donors (Lipinski definition) is 2. The van der Waals surface area contributed by atoms with Crippen molar-refractivity contribution in [1.29, 1.82) is 0 Å². The van der Waals surface area contributed by atoms with Gasteiger partial charge in [-0.15, -0.1) is 12.4 Å². The minimum Gasteiger partial charge on any atom is -0.337 e. The van der Waals surface area contributed by atoms with E-state index in [0.29, 0.717) is 12.2 Å². The fourth-order valence-corrected chi connectivity index (χ4v) is 2.87. The maximum absolute atomic E-state index is 12.9. The molecule has 0 radical (unpaired) electrons. The van der Waals surface area contributed by atoms with E-state index in [1.165, 1.54) is 0 Å². The highest BCUT2D eigenvalue weighted by Crippen LogP contribution is 2.29. The molecular weight excluding hydrogens is 370 g/mol. The van der Waals surface area contributed by atoms with Gasteiger partial charge in [-0.1, -0.05) is 35.0 Å². The molecule has 0 spiro atoms. The van der Waals surface area contributed by atoms with E-state index in [-0.39, 0.29) is 36.8 Å². The van der Waals surface area contributed by atoms with Gasteiger partial charge in [0.2, 0.25) is 5.89 Å². The molecule has 2 unspecified atom stereocenters.